The second-order valence-corrected chi connectivity index (χ2v) is 8.29. The van der Waals surface area contributed by atoms with Gasteiger partial charge in [0, 0.05) is 18.0 Å². The maximum Gasteiger partial charge on any atom is 0.337 e. The summed E-state index contributed by atoms with van der Waals surface area (Å²) in [5.41, 5.74) is 2.19. The first kappa shape index (κ1) is 24.5. The number of halogens is 1. The van der Waals surface area contributed by atoms with Gasteiger partial charge in [0.1, 0.15) is 11.5 Å². The highest BCUT2D eigenvalue weighted by atomic mass is 35.5. The Labute approximate surface area is 198 Å². The molecule has 1 saturated heterocycles. The van der Waals surface area contributed by atoms with Crippen LogP contribution < -0.4 is 5.32 Å². The maximum atomic E-state index is 12.5. The van der Waals surface area contributed by atoms with Crippen molar-refractivity contribution in [2.45, 2.75) is 52.5 Å². The fourth-order valence-corrected chi connectivity index (χ4v) is 3.87. The van der Waals surface area contributed by atoms with Crippen molar-refractivity contribution in [3.63, 3.8) is 0 Å². The molecule has 0 bridgehead atoms. The third-order valence-corrected chi connectivity index (χ3v) is 5.89. The van der Waals surface area contributed by atoms with E-state index in [1.165, 1.54) is 12.0 Å². The number of urea groups is 1. The molecular formula is C24H29ClN4O4. The Hall–Kier alpha value is -3.13. The van der Waals surface area contributed by atoms with Gasteiger partial charge in [0.2, 0.25) is 0 Å². The molecule has 0 aliphatic carbocycles. The summed E-state index contributed by atoms with van der Waals surface area (Å²) in [4.78, 5) is 42.6. The smallest absolute Gasteiger partial charge is 0.337 e. The number of carbonyl (C=O) groups is 3. The SMILES string of the molecule is CCCCc1ncc(/C=C2\C(=O)NC(=O)N2CCCC)n1Cc1ccc(C(=O)OC)cc1Cl. The Kier molecular flexibility index (Phi) is 8.27. The number of unbranched alkanes of at least 4 members (excludes halogenated alkanes) is 2. The van der Waals surface area contributed by atoms with Crippen molar-refractivity contribution >= 4 is 35.6 Å². The number of imidazole rings is 1. The summed E-state index contributed by atoms with van der Waals surface area (Å²) in [6.07, 6.45) is 7.86. The summed E-state index contributed by atoms with van der Waals surface area (Å²) in [5.74, 6) is -0.00898. The van der Waals surface area contributed by atoms with E-state index in [4.69, 9.17) is 16.3 Å². The van der Waals surface area contributed by atoms with Crippen molar-refractivity contribution in [1.29, 1.82) is 0 Å². The number of nitrogens with one attached hydrogen (secondary N) is 1. The quantitative estimate of drug-likeness (QED) is 0.314. The predicted octanol–water partition coefficient (Wildman–Crippen LogP) is 4.41. The van der Waals surface area contributed by atoms with Gasteiger partial charge in [0.25, 0.3) is 5.91 Å². The molecule has 0 atom stereocenters. The number of hydrogen-bond acceptors (Lipinski definition) is 5. The topological polar surface area (TPSA) is 93.5 Å². The number of methoxy groups -OCH3 is 1. The van der Waals surface area contributed by atoms with Gasteiger partial charge in [-0.3, -0.25) is 15.0 Å². The number of hydrogen-bond donors (Lipinski definition) is 1. The Morgan fingerprint density at radius 1 is 1.21 bits per heavy atom. The first-order chi connectivity index (χ1) is 15.9. The van der Waals surface area contributed by atoms with Crippen LogP contribution in [-0.4, -0.2) is 46.0 Å². The number of benzene rings is 1. The number of aryl methyl sites for hydroxylation is 1. The minimum absolute atomic E-state index is 0.309. The molecule has 0 unspecified atom stereocenters. The van der Waals surface area contributed by atoms with Gasteiger partial charge < -0.3 is 9.30 Å². The number of carbonyl (C=O) groups excluding carboxylic acids is 3. The van der Waals surface area contributed by atoms with Crippen LogP contribution in [0.25, 0.3) is 6.08 Å². The number of imide groups is 1. The molecule has 0 spiro atoms. The average Bonchev–Trinajstić information content (AvgIpc) is 3.30. The number of amides is 3. The highest BCUT2D eigenvalue weighted by molar-refractivity contribution is 6.31. The summed E-state index contributed by atoms with van der Waals surface area (Å²) < 4.78 is 6.76. The zero-order valence-electron chi connectivity index (χ0n) is 19.2. The molecule has 2 heterocycles. The van der Waals surface area contributed by atoms with Crippen molar-refractivity contribution in [2.24, 2.45) is 0 Å². The van der Waals surface area contributed by atoms with Gasteiger partial charge in [0.15, 0.2) is 0 Å². The van der Waals surface area contributed by atoms with E-state index >= 15 is 0 Å². The zero-order valence-corrected chi connectivity index (χ0v) is 19.9. The number of ether oxygens (including phenoxy) is 1. The highest BCUT2D eigenvalue weighted by Crippen LogP contribution is 2.24. The predicted molar refractivity (Wildman–Crippen MR) is 126 cm³/mol. The molecule has 0 radical (unpaired) electrons. The Balaban J connectivity index is 1.98. The zero-order chi connectivity index (χ0) is 24.0. The first-order valence-electron chi connectivity index (χ1n) is 11.1. The van der Waals surface area contributed by atoms with Gasteiger partial charge in [-0.05, 0) is 36.6 Å². The summed E-state index contributed by atoms with van der Waals surface area (Å²) in [7, 11) is 1.32. The van der Waals surface area contributed by atoms with E-state index < -0.39 is 17.9 Å². The second-order valence-electron chi connectivity index (χ2n) is 7.88. The molecule has 3 amide bonds. The van der Waals surface area contributed by atoms with Gasteiger partial charge in [-0.15, -0.1) is 0 Å². The van der Waals surface area contributed by atoms with E-state index in [-0.39, 0.29) is 0 Å². The normalized spacial score (nSPS) is 14.8. The highest BCUT2D eigenvalue weighted by Gasteiger charge is 2.32. The van der Waals surface area contributed by atoms with Crippen LogP contribution in [0.5, 0.6) is 0 Å². The van der Waals surface area contributed by atoms with E-state index in [0.29, 0.717) is 35.1 Å². The molecule has 2 aromatic rings. The fourth-order valence-electron chi connectivity index (χ4n) is 3.63. The van der Waals surface area contributed by atoms with E-state index in [2.05, 4.69) is 17.2 Å². The van der Waals surface area contributed by atoms with Crippen molar-refractivity contribution in [3.05, 3.63) is 57.8 Å². The lowest BCUT2D eigenvalue weighted by atomic mass is 10.1. The molecule has 1 N–H and O–H groups in total. The molecule has 3 rings (SSSR count). The molecular weight excluding hydrogens is 444 g/mol. The van der Waals surface area contributed by atoms with Gasteiger partial charge in [-0.2, -0.15) is 0 Å². The van der Waals surface area contributed by atoms with Gasteiger partial charge in [0.05, 0.1) is 31.1 Å². The number of aromatic nitrogens is 2. The van der Waals surface area contributed by atoms with E-state index in [9.17, 15) is 14.4 Å². The van der Waals surface area contributed by atoms with Crippen LogP contribution in [-0.2, 0) is 22.5 Å². The van der Waals surface area contributed by atoms with Crippen LogP contribution in [0.1, 0.15) is 67.0 Å². The number of nitrogens with zero attached hydrogens (tertiary/aromatic N) is 3. The molecule has 33 heavy (non-hydrogen) atoms. The summed E-state index contributed by atoms with van der Waals surface area (Å²) in [5, 5.41) is 2.81. The van der Waals surface area contributed by atoms with Crippen LogP contribution in [0.3, 0.4) is 0 Å². The number of esters is 1. The maximum absolute atomic E-state index is 12.5. The third-order valence-electron chi connectivity index (χ3n) is 5.53. The van der Waals surface area contributed by atoms with Crippen molar-refractivity contribution in [2.75, 3.05) is 13.7 Å². The van der Waals surface area contributed by atoms with Gasteiger partial charge in [-0.25, -0.2) is 14.6 Å². The lowest BCUT2D eigenvalue weighted by molar-refractivity contribution is -0.116. The fraction of sp³-hybridized carbons (Fsp3) is 0.417. The van der Waals surface area contributed by atoms with Crippen LogP contribution in [0.15, 0.2) is 30.1 Å². The molecule has 0 saturated carbocycles. The number of rotatable bonds is 10. The molecule has 8 nitrogen and oxygen atoms in total. The standard InChI is InChI=1S/C24H29ClN4O4/c1-4-6-8-21-26-14-18(13-20-22(30)27-24(32)28(20)11-7-5-2)29(21)15-17-10-9-16(12-19(17)25)23(31)33-3/h9-10,12-14H,4-8,11,15H2,1-3H3,(H,27,30,32)/b20-13+. The summed E-state index contributed by atoms with van der Waals surface area (Å²) >= 11 is 6.48. The molecule has 1 aliphatic heterocycles. The average molecular weight is 473 g/mol. The van der Waals surface area contributed by atoms with E-state index in [1.54, 1.807) is 30.5 Å². The minimum Gasteiger partial charge on any atom is -0.465 e. The van der Waals surface area contributed by atoms with Gasteiger partial charge >= 0.3 is 12.0 Å². The molecule has 176 valence electrons. The molecule has 1 aliphatic rings. The Morgan fingerprint density at radius 3 is 2.64 bits per heavy atom. The first-order valence-corrected chi connectivity index (χ1v) is 11.5. The molecule has 1 aromatic heterocycles. The molecule has 9 heteroatoms. The van der Waals surface area contributed by atoms with E-state index in [1.807, 2.05) is 11.5 Å². The third kappa shape index (κ3) is 5.63. The van der Waals surface area contributed by atoms with Crippen molar-refractivity contribution in [1.82, 2.24) is 19.8 Å². The van der Waals surface area contributed by atoms with Gasteiger partial charge in [-0.1, -0.05) is 44.4 Å². The Morgan fingerprint density at radius 2 is 1.97 bits per heavy atom. The monoisotopic (exact) mass is 472 g/mol. The second kappa shape index (κ2) is 11.1. The van der Waals surface area contributed by atoms with Crippen LogP contribution in [0.4, 0.5) is 4.79 Å². The Bertz CT molecular complexity index is 1080. The molecule has 1 fully saturated rings. The minimum atomic E-state index is -0.454. The lowest BCUT2D eigenvalue weighted by Crippen LogP contribution is -2.28. The van der Waals surface area contributed by atoms with E-state index in [0.717, 1.165) is 43.5 Å². The largest absolute Gasteiger partial charge is 0.465 e. The summed E-state index contributed by atoms with van der Waals surface area (Å²) in [6, 6.07) is 4.63. The van der Waals surface area contributed by atoms with Crippen molar-refractivity contribution in [3.8, 4) is 0 Å². The summed E-state index contributed by atoms with van der Waals surface area (Å²) in [6.45, 7) is 5.02. The van der Waals surface area contributed by atoms with Crippen LogP contribution >= 0.6 is 11.6 Å². The lowest BCUT2D eigenvalue weighted by Gasteiger charge is -2.16. The molecule has 1 aromatic carbocycles. The van der Waals surface area contributed by atoms with Crippen LogP contribution in [0, 0.1) is 0 Å². The van der Waals surface area contributed by atoms with Crippen molar-refractivity contribution < 1.29 is 19.1 Å². The van der Waals surface area contributed by atoms with Crippen LogP contribution in [0.2, 0.25) is 5.02 Å².